The zero-order valence-electron chi connectivity index (χ0n) is 85.0. The normalized spacial score (nSPS) is 24.3. The van der Waals surface area contributed by atoms with E-state index in [0.29, 0.717) is 70.1 Å². The number of rotatable bonds is 76. The molecule has 5 rings (SSSR count). The fourth-order valence-corrected chi connectivity index (χ4v) is 17.6. The van der Waals surface area contributed by atoms with Gasteiger partial charge in [0.25, 0.3) is 11.8 Å². The first-order valence-electron chi connectivity index (χ1n) is 50.8. The van der Waals surface area contributed by atoms with Crippen LogP contribution >= 0.6 is 20.4 Å². The summed E-state index contributed by atoms with van der Waals surface area (Å²) in [4.78, 5) is 195. The van der Waals surface area contributed by atoms with Crippen LogP contribution in [0, 0.1) is 0 Å². The van der Waals surface area contributed by atoms with Crippen LogP contribution in [-0.4, -0.2) is 419 Å². The van der Waals surface area contributed by atoms with Gasteiger partial charge in [0.15, 0.2) is 33.8 Å². The van der Waals surface area contributed by atoms with Crippen LogP contribution in [0.3, 0.4) is 0 Å². The highest BCUT2D eigenvalue weighted by Crippen LogP contribution is 2.29. The highest BCUT2D eigenvalue weighted by atomic mass is 32.2. The standard InChI is InChI=1S/C94H159N14O39PS/c1-54(113)103-74-82(128)78(124)63(50-109)144-91(74)139-39-19-11-27-68(117)95-31-16-9-24-61(107-71(120)29-13-21-41-141-93-76(105-56(3)115)84(130)80(126)65(52-111)146-93)88(134)101-36-34-99-86(132)58-46-59(48-60(47-58)138-44-38-97-70(119)26-8-7-15-33-98-90(136)67(49-73(122)123)149-45-23-6-5-18-43-143-148-137)87(133)100-35-37-102-89(135)62(108-72(121)30-14-22-42-142-94-77(106-57(4)116)85(131)81(127)66(53-112)147-94)25-10-17-32-96-69(118)28-12-20-40-140-92-75(104-55(2)114)83(129)79(125)64(51-110)145-92/h46-48,61-67,74-85,91-94,109-112,124-131H,5-45,49-53,148H2,1-4H3,(H,95,117)(H,96,118)(H,97,119)(H,98,136)(H,99,132)(H,100,133)(H,101,134)(H,102,135)(H,103,113)(H,104,114)(H,105,115)(H,106,116)(H,107,120)(H,108,121)(H,122,123)/t61-,62-,63?,64?,65?,66?,67?,74?,75?,76?,77?,78?,79?,80?,81?,82?,83?,84?,85?,91?,92?,93?,94?/m0/s1. The summed E-state index contributed by atoms with van der Waals surface area (Å²) in [5.74, 6) is -8.23. The summed E-state index contributed by atoms with van der Waals surface area (Å²) in [7, 11) is -1.27. The lowest BCUT2D eigenvalue weighted by Crippen LogP contribution is -2.64. The topological polar surface area (TPSA) is 797 Å². The number of carboxylic acid groups (broad SMARTS) is 1. The fraction of sp³-hybridized carbons (Fsp3) is 0.777. The third kappa shape index (κ3) is 50.5. The monoisotopic (exact) mass is 2170 g/mol. The van der Waals surface area contributed by atoms with Crippen LogP contribution in [0.4, 0.5) is 0 Å². The lowest BCUT2D eigenvalue weighted by Gasteiger charge is -2.42. The molecule has 4 heterocycles. The Morgan fingerprint density at radius 1 is 0.342 bits per heavy atom. The predicted molar refractivity (Wildman–Crippen MR) is 529 cm³/mol. The highest BCUT2D eigenvalue weighted by Gasteiger charge is 2.50. The Morgan fingerprint density at radius 2 is 0.651 bits per heavy atom. The molecule has 55 heteroatoms. The van der Waals surface area contributed by atoms with Gasteiger partial charge in [-0.2, -0.15) is 0 Å². The second kappa shape index (κ2) is 73.9. The average Bonchev–Trinajstić information content (AvgIpc) is 0.810. The Hall–Kier alpha value is -9.19. The summed E-state index contributed by atoms with van der Waals surface area (Å²) in [6.45, 7) is 1.72. The number of unbranched alkanes of at least 4 members (excludes halogenated alkanes) is 11. The van der Waals surface area contributed by atoms with Gasteiger partial charge in [-0.3, -0.25) is 76.5 Å². The van der Waals surface area contributed by atoms with E-state index < -0.39 is 246 Å². The number of aliphatic hydroxyl groups excluding tert-OH is 12. The summed E-state index contributed by atoms with van der Waals surface area (Å²) in [5.41, 5.74) is -0.263. The number of hydrogen-bond acceptors (Lipinski definition) is 39. The molecule has 14 amide bonds. The second-order valence-electron chi connectivity index (χ2n) is 36.5. The van der Waals surface area contributed by atoms with Crippen molar-refractivity contribution >= 4 is 109 Å². The summed E-state index contributed by atoms with van der Waals surface area (Å²) in [6.07, 6.45) is -14.7. The van der Waals surface area contributed by atoms with Crippen molar-refractivity contribution in [2.24, 2.45) is 0 Å². The molecule has 0 saturated carbocycles. The van der Waals surface area contributed by atoms with Crippen molar-refractivity contribution in [3.05, 3.63) is 29.3 Å². The van der Waals surface area contributed by atoms with Crippen LogP contribution in [0.1, 0.15) is 222 Å². The molecule has 4 aliphatic rings. The van der Waals surface area contributed by atoms with Crippen LogP contribution in [0.5, 0.6) is 5.75 Å². The molecule has 4 saturated heterocycles. The van der Waals surface area contributed by atoms with Gasteiger partial charge in [-0.1, -0.05) is 19.3 Å². The van der Waals surface area contributed by atoms with Crippen molar-refractivity contribution in [2.45, 2.75) is 341 Å². The van der Waals surface area contributed by atoms with Crippen LogP contribution in [0.25, 0.3) is 0 Å². The summed E-state index contributed by atoms with van der Waals surface area (Å²) < 4.78 is 67.0. The maximum atomic E-state index is 14.2. The van der Waals surface area contributed by atoms with Crippen molar-refractivity contribution in [2.75, 3.05) is 124 Å². The highest BCUT2D eigenvalue weighted by molar-refractivity contribution is 8.00. The number of aliphatic carboxylic acids is 1. The maximum absolute atomic E-state index is 14.2. The Kier molecular flexibility index (Phi) is 64.6. The molecule has 149 heavy (non-hydrogen) atoms. The van der Waals surface area contributed by atoms with Gasteiger partial charge in [0.1, 0.15) is 122 Å². The summed E-state index contributed by atoms with van der Waals surface area (Å²) >= 11 is 1.26. The van der Waals surface area contributed by atoms with Crippen LogP contribution in [-0.2, 0) is 109 Å². The summed E-state index contributed by atoms with van der Waals surface area (Å²) in [6, 6.07) is -3.24. The van der Waals surface area contributed by atoms with Gasteiger partial charge >= 0.3 is 5.97 Å². The number of benzene rings is 1. The Balaban J connectivity index is 1.25. The smallest absolute Gasteiger partial charge is 0.305 e. The van der Waals surface area contributed by atoms with E-state index in [2.05, 4.69) is 74.4 Å². The van der Waals surface area contributed by atoms with Gasteiger partial charge in [-0.25, -0.2) is 0 Å². The molecule has 53 nitrogen and oxygen atoms in total. The Bertz CT molecular complexity index is 4040. The van der Waals surface area contributed by atoms with Gasteiger partial charge in [0, 0.05) is 143 Å². The van der Waals surface area contributed by atoms with E-state index in [9.17, 15) is 143 Å². The molecule has 4 aliphatic heterocycles. The number of nitrogens with one attached hydrogen (secondary N) is 14. The molecule has 0 aromatic heterocycles. The molecule has 0 aliphatic carbocycles. The quantitative estimate of drug-likeness (QED) is 0.0213. The minimum Gasteiger partial charge on any atom is -0.492 e. The van der Waals surface area contributed by atoms with Crippen molar-refractivity contribution < 1.29 is 190 Å². The zero-order valence-corrected chi connectivity index (χ0v) is 86.9. The lowest BCUT2D eigenvalue weighted by atomic mass is 9.97. The first kappa shape index (κ1) is 130. The number of aliphatic hydroxyl groups is 12. The number of amides is 14. The maximum Gasteiger partial charge on any atom is 0.305 e. The zero-order chi connectivity index (χ0) is 110. The third-order valence-corrected chi connectivity index (χ3v) is 25.9. The number of carboxylic acids is 1. The molecular weight excluding hydrogens is 2010 g/mol. The van der Waals surface area contributed by atoms with E-state index in [4.69, 9.17) is 47.2 Å². The van der Waals surface area contributed by atoms with Gasteiger partial charge in [0.05, 0.1) is 51.2 Å². The summed E-state index contributed by atoms with van der Waals surface area (Å²) in [5, 5.41) is 169. The van der Waals surface area contributed by atoms with E-state index in [1.54, 1.807) is 0 Å². The number of thioether (sulfide) groups is 1. The molecule has 1 aromatic carbocycles. The second-order valence-corrected chi connectivity index (χ2v) is 38.3. The van der Waals surface area contributed by atoms with E-state index in [1.165, 1.54) is 57.7 Å². The van der Waals surface area contributed by atoms with E-state index in [0.717, 1.165) is 25.7 Å². The lowest BCUT2D eigenvalue weighted by molar-refractivity contribution is -0.270. The van der Waals surface area contributed by atoms with Crippen LogP contribution < -0.4 is 79.2 Å². The number of carbonyl (C=O) groups excluding carboxylic acids is 14. The van der Waals surface area contributed by atoms with Crippen LogP contribution in [0.2, 0.25) is 0 Å². The van der Waals surface area contributed by atoms with Crippen molar-refractivity contribution in [1.82, 2.24) is 74.4 Å². The first-order valence-corrected chi connectivity index (χ1v) is 52.8. The Labute approximate surface area is 869 Å². The molecule has 4 fully saturated rings. The fourth-order valence-electron chi connectivity index (χ4n) is 16.2. The molecule has 24 atom stereocenters. The van der Waals surface area contributed by atoms with Crippen molar-refractivity contribution in [1.29, 1.82) is 0 Å². The molecule has 850 valence electrons. The van der Waals surface area contributed by atoms with Crippen molar-refractivity contribution in [3.63, 3.8) is 0 Å². The number of ether oxygens (including phenoxy) is 9. The van der Waals surface area contributed by atoms with Crippen LogP contribution in [0.15, 0.2) is 18.2 Å². The van der Waals surface area contributed by atoms with Gasteiger partial charge in [-0.05, 0) is 140 Å². The molecule has 27 N–H and O–H groups in total. The SMILES string of the molecule is CC(=O)NC1C(OCCCCC(=O)NCCCC[C@H](NC(=O)CCCCOC2OC(CO)C(O)C(O)C2NC(C)=O)C(=O)NCCNC(=O)c2cc(OCCNC(=O)CCCCCNC(=O)C(CC(=O)O)SCCCCCCO[PH2]=O)cc(C(=O)NCCNC(=O)[C@H](CCCCNC(=O)CCCCOC3OC(CO)C(O)C(O)C3NC(C)=O)NC(=O)CCCCOC3OC(CO)C(O)C(O)C3NC(C)=O)c2)OC(CO)C(O)C1O. The average molecular weight is 2170 g/mol. The number of hydrogen-bond donors (Lipinski definition) is 27. The van der Waals surface area contributed by atoms with E-state index in [1.807, 2.05) is 0 Å². The van der Waals surface area contributed by atoms with Gasteiger partial charge in [0.2, 0.25) is 70.9 Å². The minimum absolute atomic E-state index is 0.00923. The minimum atomic E-state index is -1.57. The Morgan fingerprint density at radius 3 is 1.00 bits per heavy atom. The molecular formula is C94H159N14O39PS. The predicted octanol–water partition coefficient (Wildman–Crippen LogP) is -6.56. The van der Waals surface area contributed by atoms with Crippen molar-refractivity contribution in [3.8, 4) is 5.75 Å². The molecule has 0 bridgehead atoms. The molecule has 22 unspecified atom stereocenters. The number of carbonyl (C=O) groups is 15. The largest absolute Gasteiger partial charge is 0.492 e. The van der Waals surface area contributed by atoms with Gasteiger partial charge in [-0.15, -0.1) is 11.8 Å². The molecule has 0 spiro atoms. The van der Waals surface area contributed by atoms with Gasteiger partial charge < -0.3 is 188 Å². The van der Waals surface area contributed by atoms with E-state index in [-0.39, 0.29) is 210 Å². The molecule has 0 radical (unpaired) electrons. The molecule has 1 aromatic rings. The third-order valence-electron chi connectivity index (χ3n) is 24.2. The first-order chi connectivity index (χ1) is 71.3. The van der Waals surface area contributed by atoms with E-state index >= 15 is 0 Å².